The minimum absolute atomic E-state index is 0.00295. The maximum Gasteiger partial charge on any atom is 0.300 e. The molecule has 1 saturated heterocycles. The second kappa shape index (κ2) is 8.55. The van der Waals surface area contributed by atoms with Crippen LogP contribution in [-0.2, 0) is 9.59 Å². The number of aliphatic hydroxyl groups excluding tert-OH is 1. The summed E-state index contributed by atoms with van der Waals surface area (Å²) >= 11 is 0. The largest absolute Gasteiger partial charge is 0.507 e. The van der Waals surface area contributed by atoms with Gasteiger partial charge in [0.25, 0.3) is 11.7 Å². The van der Waals surface area contributed by atoms with Gasteiger partial charge in [-0.05, 0) is 55.8 Å². The number of fused-ring (bicyclic) bond motifs is 1. The maximum absolute atomic E-state index is 13.3. The van der Waals surface area contributed by atoms with Gasteiger partial charge in [-0.2, -0.15) is 0 Å². The van der Waals surface area contributed by atoms with Gasteiger partial charge in [0.05, 0.1) is 17.7 Å². The van der Waals surface area contributed by atoms with Crippen molar-refractivity contribution in [3.05, 3.63) is 83.7 Å². The Morgan fingerprint density at radius 2 is 1.74 bits per heavy atom. The van der Waals surface area contributed by atoms with E-state index in [-0.39, 0.29) is 24.2 Å². The average molecular weight is 458 g/mol. The molecule has 0 spiro atoms. The number of hydrogen-bond acceptors (Lipinski definition) is 7. The molecule has 0 aliphatic carbocycles. The Morgan fingerprint density at radius 1 is 1.03 bits per heavy atom. The first-order valence-corrected chi connectivity index (χ1v) is 10.8. The lowest BCUT2D eigenvalue weighted by atomic mass is 9.95. The van der Waals surface area contributed by atoms with Gasteiger partial charge >= 0.3 is 0 Å². The molecule has 34 heavy (non-hydrogen) atoms. The third kappa shape index (κ3) is 3.73. The molecule has 2 aliphatic heterocycles. The quantitative estimate of drug-likeness (QED) is 0.347. The van der Waals surface area contributed by atoms with Gasteiger partial charge in [0, 0.05) is 29.7 Å². The Morgan fingerprint density at radius 3 is 2.44 bits per heavy atom. The third-order valence-corrected chi connectivity index (χ3v) is 5.60. The first-order chi connectivity index (χ1) is 16.4. The number of carbonyl (C=O) groups is 2. The number of carbonyl (C=O) groups excluding carboxylic acids is 2. The van der Waals surface area contributed by atoms with Crippen LogP contribution in [0.2, 0.25) is 0 Å². The molecule has 172 valence electrons. The first-order valence-electron chi connectivity index (χ1n) is 10.8. The predicted molar refractivity (Wildman–Crippen MR) is 124 cm³/mol. The maximum atomic E-state index is 13.3. The second-order valence-electron chi connectivity index (χ2n) is 8.18. The molecule has 2 aromatic carbocycles. The standard InChI is InChI=1S/C26H22N2O6/c1-15(2)34-19-6-3-16(4-7-19)23-22(24(29)17-9-11-27-12-10-17)25(30)26(31)28(23)18-5-8-20-21(13-18)33-14-32-20/h3-13,15,23,29H,14H2,1-2H3/b24-22+. The Bertz CT molecular complexity index is 1280. The number of anilines is 1. The van der Waals surface area contributed by atoms with Gasteiger partial charge in [-0.3, -0.25) is 19.5 Å². The zero-order valence-corrected chi connectivity index (χ0v) is 18.6. The second-order valence-corrected chi connectivity index (χ2v) is 8.18. The van der Waals surface area contributed by atoms with E-state index in [1.165, 1.54) is 17.3 Å². The van der Waals surface area contributed by atoms with Crippen molar-refractivity contribution >= 4 is 23.1 Å². The molecule has 3 heterocycles. The van der Waals surface area contributed by atoms with Crippen molar-refractivity contribution in [2.75, 3.05) is 11.7 Å². The van der Waals surface area contributed by atoms with Crippen LogP contribution in [0.25, 0.3) is 5.76 Å². The van der Waals surface area contributed by atoms with Crippen LogP contribution in [0.5, 0.6) is 17.2 Å². The highest BCUT2D eigenvalue weighted by Crippen LogP contribution is 2.45. The van der Waals surface area contributed by atoms with E-state index in [4.69, 9.17) is 14.2 Å². The fourth-order valence-electron chi connectivity index (χ4n) is 4.12. The number of amides is 1. The van der Waals surface area contributed by atoms with Crippen molar-refractivity contribution in [3.8, 4) is 17.2 Å². The van der Waals surface area contributed by atoms with Crippen LogP contribution < -0.4 is 19.1 Å². The Kier molecular flexibility index (Phi) is 5.41. The summed E-state index contributed by atoms with van der Waals surface area (Å²) in [6.45, 7) is 3.94. The van der Waals surface area contributed by atoms with Gasteiger partial charge in [-0.1, -0.05) is 12.1 Å². The molecule has 3 aromatic rings. The molecule has 0 bridgehead atoms. The molecule has 2 aliphatic rings. The lowest BCUT2D eigenvalue weighted by Gasteiger charge is -2.26. The summed E-state index contributed by atoms with van der Waals surface area (Å²) in [5.74, 6) is -0.0947. The van der Waals surface area contributed by atoms with E-state index in [2.05, 4.69) is 4.98 Å². The number of hydrogen-bond donors (Lipinski definition) is 1. The summed E-state index contributed by atoms with van der Waals surface area (Å²) in [5.41, 5.74) is 1.48. The number of aliphatic hydroxyl groups is 1. The van der Waals surface area contributed by atoms with Crippen molar-refractivity contribution in [2.24, 2.45) is 0 Å². The van der Waals surface area contributed by atoms with Crippen molar-refractivity contribution < 1.29 is 28.9 Å². The van der Waals surface area contributed by atoms with Crippen molar-refractivity contribution in [1.29, 1.82) is 0 Å². The molecule has 8 nitrogen and oxygen atoms in total. The first kappa shape index (κ1) is 21.5. The van der Waals surface area contributed by atoms with Gasteiger partial charge in [0.1, 0.15) is 11.5 Å². The van der Waals surface area contributed by atoms with E-state index in [1.807, 2.05) is 13.8 Å². The Hall–Kier alpha value is -4.33. The normalized spacial score (nSPS) is 18.6. The minimum Gasteiger partial charge on any atom is -0.507 e. The molecule has 1 aromatic heterocycles. The molecule has 0 saturated carbocycles. The zero-order valence-electron chi connectivity index (χ0n) is 18.6. The van der Waals surface area contributed by atoms with Crippen molar-refractivity contribution in [1.82, 2.24) is 4.98 Å². The van der Waals surface area contributed by atoms with Crippen LogP contribution >= 0.6 is 0 Å². The van der Waals surface area contributed by atoms with E-state index in [0.29, 0.717) is 34.1 Å². The van der Waals surface area contributed by atoms with Gasteiger partial charge in [-0.25, -0.2) is 0 Å². The van der Waals surface area contributed by atoms with Gasteiger partial charge in [-0.15, -0.1) is 0 Å². The van der Waals surface area contributed by atoms with Crippen molar-refractivity contribution in [3.63, 3.8) is 0 Å². The molecular formula is C26H22N2O6. The highest BCUT2D eigenvalue weighted by molar-refractivity contribution is 6.51. The van der Waals surface area contributed by atoms with E-state index >= 15 is 0 Å². The Labute approximate surface area is 196 Å². The average Bonchev–Trinajstić information content (AvgIpc) is 3.41. The van der Waals surface area contributed by atoms with Crippen LogP contribution in [0.15, 0.2) is 72.6 Å². The summed E-state index contributed by atoms with van der Waals surface area (Å²) in [5, 5.41) is 11.1. The summed E-state index contributed by atoms with van der Waals surface area (Å²) in [6.07, 6.45) is 3.02. The number of Topliss-reactive ketones (excluding diaryl/α,β-unsaturated/α-hetero) is 1. The molecule has 1 unspecified atom stereocenters. The number of ether oxygens (including phenoxy) is 3. The molecule has 1 atom stereocenters. The molecule has 8 heteroatoms. The monoisotopic (exact) mass is 458 g/mol. The van der Waals surface area contributed by atoms with Crippen LogP contribution in [0.4, 0.5) is 5.69 Å². The van der Waals surface area contributed by atoms with Gasteiger partial charge in [0.2, 0.25) is 6.79 Å². The van der Waals surface area contributed by atoms with E-state index in [9.17, 15) is 14.7 Å². The third-order valence-electron chi connectivity index (χ3n) is 5.60. The zero-order chi connectivity index (χ0) is 23.8. The fourth-order valence-corrected chi connectivity index (χ4v) is 4.12. The number of ketones is 1. The summed E-state index contributed by atoms with van der Waals surface area (Å²) in [7, 11) is 0. The molecule has 1 amide bonds. The minimum atomic E-state index is -0.860. The predicted octanol–water partition coefficient (Wildman–Crippen LogP) is 4.22. The Balaban J connectivity index is 1.66. The number of benzene rings is 2. The smallest absolute Gasteiger partial charge is 0.300 e. The highest BCUT2D eigenvalue weighted by atomic mass is 16.7. The number of rotatable bonds is 5. The summed E-state index contributed by atoms with van der Waals surface area (Å²) < 4.78 is 16.6. The fraction of sp³-hybridized carbons (Fsp3) is 0.192. The van der Waals surface area contributed by atoms with Crippen LogP contribution in [0.1, 0.15) is 31.0 Å². The van der Waals surface area contributed by atoms with Crippen LogP contribution in [0.3, 0.4) is 0 Å². The highest BCUT2D eigenvalue weighted by Gasteiger charge is 2.47. The summed E-state index contributed by atoms with van der Waals surface area (Å²) in [4.78, 5) is 31.8. The van der Waals surface area contributed by atoms with Gasteiger partial charge in [0.15, 0.2) is 11.5 Å². The number of pyridine rings is 1. The molecule has 1 fully saturated rings. The molecule has 0 radical (unpaired) electrons. The number of nitrogens with zero attached hydrogens (tertiary/aromatic N) is 2. The lowest BCUT2D eigenvalue weighted by molar-refractivity contribution is -0.132. The number of aromatic nitrogens is 1. The topological polar surface area (TPSA) is 98.2 Å². The van der Waals surface area contributed by atoms with Crippen molar-refractivity contribution in [2.45, 2.75) is 26.0 Å². The SMILES string of the molecule is CC(C)Oc1ccc(C2/C(=C(\O)c3ccncc3)C(=O)C(=O)N2c2ccc3c(c2)OCO3)cc1. The molecule has 1 N–H and O–H groups in total. The lowest BCUT2D eigenvalue weighted by Crippen LogP contribution is -2.29. The molecular weight excluding hydrogens is 436 g/mol. The molecule has 5 rings (SSSR count). The van der Waals surface area contributed by atoms with E-state index in [0.717, 1.165) is 0 Å². The summed E-state index contributed by atoms with van der Waals surface area (Å²) in [6, 6.07) is 14.5. The van der Waals surface area contributed by atoms with Gasteiger partial charge < -0.3 is 19.3 Å². The van der Waals surface area contributed by atoms with E-state index < -0.39 is 17.7 Å². The van der Waals surface area contributed by atoms with Crippen LogP contribution in [0, 0.1) is 0 Å². The van der Waals surface area contributed by atoms with E-state index in [1.54, 1.807) is 54.6 Å². The van der Waals surface area contributed by atoms with Crippen LogP contribution in [-0.4, -0.2) is 34.7 Å².